The Morgan fingerprint density at radius 3 is 2.78 bits per heavy atom. The molecule has 2 saturated heterocycles. The molecule has 3 aliphatic heterocycles. The first kappa shape index (κ1) is 20.9. The highest BCUT2D eigenvalue weighted by Gasteiger charge is 2.36. The van der Waals surface area contributed by atoms with Crippen LogP contribution in [0.4, 0.5) is 5.69 Å². The topological polar surface area (TPSA) is 69.6 Å². The van der Waals surface area contributed by atoms with Crippen molar-refractivity contribution in [1.29, 1.82) is 0 Å². The van der Waals surface area contributed by atoms with E-state index in [9.17, 15) is 4.79 Å². The lowest BCUT2D eigenvalue weighted by atomic mass is 10.1. The van der Waals surface area contributed by atoms with Crippen LogP contribution in [0.1, 0.15) is 25.3 Å². The summed E-state index contributed by atoms with van der Waals surface area (Å²) in [7, 11) is 0. The quantitative estimate of drug-likeness (QED) is 0.597. The summed E-state index contributed by atoms with van der Waals surface area (Å²) in [5.41, 5.74) is 1.57. The van der Waals surface area contributed by atoms with E-state index in [0.29, 0.717) is 40.5 Å². The van der Waals surface area contributed by atoms with Crippen molar-refractivity contribution in [3.63, 3.8) is 0 Å². The molecule has 5 rings (SSSR count). The molecule has 32 heavy (non-hydrogen) atoms. The zero-order valence-corrected chi connectivity index (χ0v) is 18.6. The van der Waals surface area contributed by atoms with Gasteiger partial charge in [-0.1, -0.05) is 18.2 Å². The molecule has 166 valence electrons. The Hall–Kier alpha value is -2.97. The maximum Gasteiger partial charge on any atom is 0.266 e. The van der Waals surface area contributed by atoms with Crippen molar-refractivity contribution in [2.75, 3.05) is 26.6 Å². The number of para-hydroxylation sites is 1. The first-order chi connectivity index (χ1) is 15.7. The molecule has 0 saturated carbocycles. The molecule has 2 fully saturated rings. The number of rotatable bonds is 6. The molecule has 0 radical (unpaired) electrons. The summed E-state index contributed by atoms with van der Waals surface area (Å²) in [6, 6.07) is 13.3. The van der Waals surface area contributed by atoms with Gasteiger partial charge in [0.15, 0.2) is 16.7 Å². The normalized spacial score (nSPS) is 22.3. The fraction of sp³-hybridized carbons (Fsp3) is 0.333. The van der Waals surface area contributed by atoms with Crippen LogP contribution < -0.4 is 14.2 Å². The highest BCUT2D eigenvalue weighted by molar-refractivity contribution is 8.18. The average molecular weight is 453 g/mol. The second-order valence-corrected chi connectivity index (χ2v) is 8.58. The van der Waals surface area contributed by atoms with Crippen LogP contribution in [0, 0.1) is 0 Å². The third-order valence-electron chi connectivity index (χ3n) is 5.37. The molecule has 8 heteroatoms. The van der Waals surface area contributed by atoms with Gasteiger partial charge < -0.3 is 18.9 Å². The van der Waals surface area contributed by atoms with Crippen molar-refractivity contribution in [2.24, 2.45) is 4.99 Å². The van der Waals surface area contributed by atoms with Crippen molar-refractivity contribution < 1.29 is 23.7 Å². The van der Waals surface area contributed by atoms with E-state index in [1.807, 2.05) is 55.5 Å². The predicted octanol–water partition coefficient (Wildman–Crippen LogP) is 4.60. The van der Waals surface area contributed by atoms with Gasteiger partial charge in [0.1, 0.15) is 5.75 Å². The smallest absolute Gasteiger partial charge is 0.266 e. The van der Waals surface area contributed by atoms with Crippen molar-refractivity contribution in [3.05, 3.63) is 52.9 Å². The molecular formula is C24H24N2O5S. The van der Waals surface area contributed by atoms with Crippen molar-refractivity contribution >= 4 is 34.6 Å². The Bertz CT molecular complexity index is 1060. The molecule has 0 spiro atoms. The molecule has 2 aromatic carbocycles. The Morgan fingerprint density at radius 1 is 1.22 bits per heavy atom. The number of fused-ring (bicyclic) bond motifs is 1. The van der Waals surface area contributed by atoms with Gasteiger partial charge in [0.05, 0.1) is 29.8 Å². The fourth-order valence-electron chi connectivity index (χ4n) is 3.83. The summed E-state index contributed by atoms with van der Waals surface area (Å²) >= 11 is 1.36. The summed E-state index contributed by atoms with van der Waals surface area (Å²) < 4.78 is 22.6. The van der Waals surface area contributed by atoms with Crippen LogP contribution in [0.25, 0.3) is 6.08 Å². The summed E-state index contributed by atoms with van der Waals surface area (Å²) in [5, 5.41) is 0.654. The van der Waals surface area contributed by atoms with Gasteiger partial charge in [0, 0.05) is 18.2 Å². The SMILES string of the molecule is CCOc1cc2c(cc1/C=C1/SC(=Nc3ccccc3)N(CC3CCCO3)C1=O)OCO2. The van der Waals surface area contributed by atoms with E-state index < -0.39 is 0 Å². The molecule has 0 aliphatic carbocycles. The third kappa shape index (κ3) is 4.33. The van der Waals surface area contributed by atoms with Crippen LogP contribution in [0.2, 0.25) is 0 Å². The van der Waals surface area contributed by atoms with Gasteiger partial charge in [0.25, 0.3) is 5.91 Å². The Labute approximate surface area is 191 Å². The number of carbonyl (C=O) groups excluding carboxylic acids is 1. The second-order valence-electron chi connectivity index (χ2n) is 7.57. The average Bonchev–Trinajstić information content (AvgIpc) is 3.53. The van der Waals surface area contributed by atoms with E-state index >= 15 is 0 Å². The number of thioether (sulfide) groups is 1. The van der Waals surface area contributed by atoms with Crippen molar-refractivity contribution in [3.8, 4) is 17.2 Å². The number of benzene rings is 2. The monoisotopic (exact) mass is 452 g/mol. The summed E-state index contributed by atoms with van der Waals surface area (Å²) in [4.78, 5) is 20.5. The molecule has 0 aromatic heterocycles. The molecule has 1 unspecified atom stereocenters. The van der Waals surface area contributed by atoms with E-state index in [4.69, 9.17) is 23.9 Å². The zero-order valence-electron chi connectivity index (χ0n) is 17.8. The molecule has 1 atom stereocenters. The molecule has 3 heterocycles. The van der Waals surface area contributed by atoms with E-state index in [0.717, 1.165) is 30.7 Å². The summed E-state index contributed by atoms with van der Waals surface area (Å²) in [6.45, 7) is 3.84. The maximum atomic E-state index is 13.4. The van der Waals surface area contributed by atoms with Gasteiger partial charge >= 0.3 is 0 Å². The molecular weight excluding hydrogens is 428 g/mol. The van der Waals surface area contributed by atoms with E-state index in [1.165, 1.54) is 11.8 Å². The van der Waals surface area contributed by atoms with Gasteiger partial charge in [-0.3, -0.25) is 9.69 Å². The second kappa shape index (κ2) is 9.26. The van der Waals surface area contributed by atoms with Crippen LogP contribution in [-0.4, -0.2) is 48.6 Å². The van der Waals surface area contributed by atoms with Crippen molar-refractivity contribution in [2.45, 2.75) is 25.9 Å². The summed E-state index contributed by atoms with van der Waals surface area (Å²) in [5.74, 6) is 1.86. The van der Waals surface area contributed by atoms with Gasteiger partial charge in [0.2, 0.25) is 6.79 Å². The minimum atomic E-state index is -0.0831. The van der Waals surface area contributed by atoms with Crippen LogP contribution in [0.3, 0.4) is 0 Å². The number of ether oxygens (including phenoxy) is 4. The van der Waals surface area contributed by atoms with Gasteiger partial charge in [-0.25, -0.2) is 4.99 Å². The molecule has 3 aliphatic rings. The molecule has 7 nitrogen and oxygen atoms in total. The third-order valence-corrected chi connectivity index (χ3v) is 6.38. The minimum absolute atomic E-state index is 0.0319. The highest BCUT2D eigenvalue weighted by Crippen LogP contribution is 2.41. The van der Waals surface area contributed by atoms with Crippen LogP contribution in [-0.2, 0) is 9.53 Å². The first-order valence-electron chi connectivity index (χ1n) is 10.7. The fourth-order valence-corrected chi connectivity index (χ4v) is 4.83. The van der Waals surface area contributed by atoms with E-state index in [2.05, 4.69) is 0 Å². The Kier molecular flexibility index (Phi) is 6.05. The minimum Gasteiger partial charge on any atom is -0.493 e. The largest absolute Gasteiger partial charge is 0.493 e. The number of amidine groups is 1. The lowest BCUT2D eigenvalue weighted by molar-refractivity contribution is -0.123. The van der Waals surface area contributed by atoms with Crippen LogP contribution in [0.5, 0.6) is 17.2 Å². The molecule has 0 N–H and O–H groups in total. The van der Waals surface area contributed by atoms with Gasteiger partial charge in [-0.2, -0.15) is 0 Å². The Morgan fingerprint density at radius 2 is 2.03 bits per heavy atom. The highest BCUT2D eigenvalue weighted by atomic mass is 32.2. The lowest BCUT2D eigenvalue weighted by Crippen LogP contribution is -2.36. The maximum absolute atomic E-state index is 13.4. The zero-order chi connectivity index (χ0) is 21.9. The predicted molar refractivity (Wildman–Crippen MR) is 124 cm³/mol. The van der Waals surface area contributed by atoms with Gasteiger partial charge in [-0.15, -0.1) is 0 Å². The van der Waals surface area contributed by atoms with E-state index in [-0.39, 0.29) is 18.8 Å². The van der Waals surface area contributed by atoms with Gasteiger partial charge in [-0.05, 0) is 55.8 Å². The Balaban J connectivity index is 1.50. The van der Waals surface area contributed by atoms with E-state index in [1.54, 1.807) is 4.90 Å². The number of carbonyl (C=O) groups is 1. The standard InChI is InChI=1S/C24H24N2O5S/c1-2-28-19-13-21-20(30-15-31-21)11-16(19)12-22-23(27)26(14-18-9-6-10-29-18)24(32-22)25-17-7-4-3-5-8-17/h3-5,7-8,11-13,18H,2,6,9-10,14-15H2,1H3/b22-12+,25-24?. The van der Waals surface area contributed by atoms with Crippen LogP contribution in [0.15, 0.2) is 52.4 Å². The number of hydrogen-bond acceptors (Lipinski definition) is 7. The molecule has 1 amide bonds. The van der Waals surface area contributed by atoms with Crippen molar-refractivity contribution in [1.82, 2.24) is 4.90 Å². The molecule has 0 bridgehead atoms. The number of nitrogens with zero attached hydrogens (tertiary/aromatic N) is 2. The number of amides is 1. The molecule has 2 aromatic rings. The number of aliphatic imine (C=N–C) groups is 1. The summed E-state index contributed by atoms with van der Waals surface area (Å²) in [6.07, 6.45) is 3.84. The lowest BCUT2D eigenvalue weighted by Gasteiger charge is -2.19. The van der Waals surface area contributed by atoms with Crippen LogP contribution >= 0.6 is 11.8 Å². The first-order valence-corrected chi connectivity index (χ1v) is 11.6. The number of hydrogen-bond donors (Lipinski definition) is 0.